The van der Waals surface area contributed by atoms with Crippen LogP contribution in [0.4, 0.5) is 0 Å². The number of ether oxygens (including phenoxy) is 2. The molecule has 1 aromatic carbocycles. The molecule has 0 heterocycles. The number of nitrogens with one attached hydrogen (secondary N) is 1. The molecule has 4 heteroatoms. The normalized spacial score (nSPS) is 24.8. The van der Waals surface area contributed by atoms with Gasteiger partial charge in [0, 0.05) is 12.5 Å². The molecule has 0 radical (unpaired) electrons. The third kappa shape index (κ3) is 4.03. The minimum atomic E-state index is 0.180. The van der Waals surface area contributed by atoms with Crippen LogP contribution in [0.3, 0.4) is 0 Å². The van der Waals surface area contributed by atoms with Gasteiger partial charge in [-0.15, -0.1) is 0 Å². The first kappa shape index (κ1) is 17.1. The summed E-state index contributed by atoms with van der Waals surface area (Å²) in [7, 11) is 0. The number of carbonyl (C=O) groups is 1. The van der Waals surface area contributed by atoms with Gasteiger partial charge in [-0.05, 0) is 69.1 Å². The third-order valence-corrected chi connectivity index (χ3v) is 5.33. The highest BCUT2D eigenvalue weighted by molar-refractivity contribution is 5.76. The van der Waals surface area contributed by atoms with Gasteiger partial charge in [-0.1, -0.05) is 12.5 Å². The van der Waals surface area contributed by atoms with Crippen LogP contribution in [0.1, 0.15) is 51.5 Å². The Bertz CT molecular complexity index is 572. The molecule has 132 valence electrons. The number of amides is 1. The maximum absolute atomic E-state index is 12.3. The Hall–Kier alpha value is -1.71. The summed E-state index contributed by atoms with van der Waals surface area (Å²) >= 11 is 0. The summed E-state index contributed by atoms with van der Waals surface area (Å²) in [4.78, 5) is 12.3. The second-order valence-corrected chi connectivity index (χ2v) is 7.00. The van der Waals surface area contributed by atoms with E-state index in [1.54, 1.807) is 0 Å². The summed E-state index contributed by atoms with van der Waals surface area (Å²) in [6.45, 7) is 5.15. The molecule has 3 rings (SSSR count). The van der Waals surface area contributed by atoms with Crippen LogP contribution in [0, 0.1) is 11.8 Å². The molecule has 2 fully saturated rings. The number of aryl methyl sites for hydroxylation is 1. The van der Waals surface area contributed by atoms with Crippen molar-refractivity contribution in [1.82, 2.24) is 5.32 Å². The summed E-state index contributed by atoms with van der Waals surface area (Å²) in [6.07, 6.45) is 6.44. The molecule has 2 aliphatic carbocycles. The average Bonchev–Trinajstić information content (AvgIpc) is 3.18. The van der Waals surface area contributed by atoms with Crippen molar-refractivity contribution in [3.05, 3.63) is 23.8 Å². The Morgan fingerprint density at radius 2 is 1.92 bits per heavy atom. The lowest BCUT2D eigenvalue weighted by atomic mass is 9.95. The maximum atomic E-state index is 12.3. The van der Waals surface area contributed by atoms with E-state index in [4.69, 9.17) is 9.47 Å². The second-order valence-electron chi connectivity index (χ2n) is 7.00. The first-order valence-corrected chi connectivity index (χ1v) is 9.37. The van der Waals surface area contributed by atoms with E-state index in [1.165, 1.54) is 25.7 Å². The van der Waals surface area contributed by atoms with Gasteiger partial charge in [-0.3, -0.25) is 4.79 Å². The molecule has 0 aliphatic heterocycles. The summed E-state index contributed by atoms with van der Waals surface area (Å²) in [5.74, 6) is 3.31. The zero-order valence-corrected chi connectivity index (χ0v) is 14.8. The lowest BCUT2D eigenvalue weighted by Crippen LogP contribution is -2.38. The SMILES string of the molecule is CCOc1ccc(CCC(=O)N[C@H]2C[C@H]3CC[C@H]2C3)cc1OCC. The first-order chi connectivity index (χ1) is 11.7. The van der Waals surface area contributed by atoms with E-state index < -0.39 is 0 Å². The monoisotopic (exact) mass is 331 g/mol. The van der Waals surface area contributed by atoms with E-state index in [1.807, 2.05) is 32.0 Å². The zero-order valence-electron chi connectivity index (χ0n) is 14.8. The highest BCUT2D eigenvalue weighted by Crippen LogP contribution is 2.44. The number of rotatable bonds is 8. The Morgan fingerprint density at radius 3 is 2.58 bits per heavy atom. The van der Waals surface area contributed by atoms with Gasteiger partial charge >= 0.3 is 0 Å². The number of carbonyl (C=O) groups excluding carboxylic acids is 1. The molecule has 2 bridgehead atoms. The first-order valence-electron chi connectivity index (χ1n) is 9.37. The highest BCUT2D eigenvalue weighted by Gasteiger charge is 2.39. The van der Waals surface area contributed by atoms with Crippen molar-refractivity contribution >= 4 is 5.91 Å². The zero-order chi connectivity index (χ0) is 16.9. The van der Waals surface area contributed by atoms with E-state index in [2.05, 4.69) is 5.32 Å². The van der Waals surface area contributed by atoms with Crippen molar-refractivity contribution in [3.63, 3.8) is 0 Å². The number of benzene rings is 1. The molecule has 0 aromatic heterocycles. The van der Waals surface area contributed by atoms with Crippen LogP contribution in [0.25, 0.3) is 0 Å². The fraction of sp³-hybridized carbons (Fsp3) is 0.650. The van der Waals surface area contributed by atoms with E-state index in [9.17, 15) is 4.79 Å². The van der Waals surface area contributed by atoms with Crippen LogP contribution in [0.2, 0.25) is 0 Å². The molecule has 0 spiro atoms. The quantitative estimate of drug-likeness (QED) is 0.790. The topological polar surface area (TPSA) is 47.6 Å². The molecular weight excluding hydrogens is 302 g/mol. The van der Waals surface area contributed by atoms with Crippen molar-refractivity contribution in [3.8, 4) is 11.5 Å². The fourth-order valence-corrected chi connectivity index (χ4v) is 4.21. The van der Waals surface area contributed by atoms with Crippen molar-refractivity contribution in [2.24, 2.45) is 11.8 Å². The van der Waals surface area contributed by atoms with Gasteiger partial charge in [0.1, 0.15) is 0 Å². The van der Waals surface area contributed by atoms with E-state index >= 15 is 0 Å². The van der Waals surface area contributed by atoms with Crippen molar-refractivity contribution in [1.29, 1.82) is 0 Å². The van der Waals surface area contributed by atoms with Gasteiger partial charge in [0.15, 0.2) is 11.5 Å². The molecular formula is C20H29NO3. The Morgan fingerprint density at radius 1 is 1.12 bits per heavy atom. The van der Waals surface area contributed by atoms with Crippen molar-refractivity contribution < 1.29 is 14.3 Å². The maximum Gasteiger partial charge on any atom is 0.220 e. The summed E-state index contributed by atoms with van der Waals surface area (Å²) in [5.41, 5.74) is 1.12. The Kier molecular flexibility index (Phi) is 5.64. The third-order valence-electron chi connectivity index (χ3n) is 5.33. The van der Waals surface area contributed by atoms with Crippen LogP contribution in [0.5, 0.6) is 11.5 Å². The molecule has 1 N–H and O–H groups in total. The minimum absolute atomic E-state index is 0.180. The van der Waals surface area contributed by atoms with Gasteiger partial charge in [0.2, 0.25) is 5.91 Å². The predicted molar refractivity (Wildman–Crippen MR) is 94.5 cm³/mol. The average molecular weight is 331 g/mol. The molecule has 2 aliphatic rings. The Balaban J connectivity index is 1.52. The van der Waals surface area contributed by atoms with E-state index in [0.29, 0.717) is 25.7 Å². The van der Waals surface area contributed by atoms with Crippen LogP contribution in [0.15, 0.2) is 18.2 Å². The van der Waals surface area contributed by atoms with Gasteiger partial charge in [0.25, 0.3) is 0 Å². The molecule has 3 atom stereocenters. The van der Waals surface area contributed by atoms with Crippen molar-refractivity contribution in [2.75, 3.05) is 13.2 Å². The summed E-state index contributed by atoms with van der Waals surface area (Å²) < 4.78 is 11.2. The number of hydrogen-bond acceptors (Lipinski definition) is 3. The summed E-state index contributed by atoms with van der Waals surface area (Å²) in [6, 6.07) is 6.39. The number of hydrogen-bond donors (Lipinski definition) is 1. The van der Waals surface area contributed by atoms with Crippen LogP contribution in [-0.2, 0) is 11.2 Å². The van der Waals surface area contributed by atoms with Crippen LogP contribution >= 0.6 is 0 Å². The minimum Gasteiger partial charge on any atom is -0.490 e. The molecule has 24 heavy (non-hydrogen) atoms. The lowest BCUT2D eigenvalue weighted by Gasteiger charge is -2.22. The van der Waals surface area contributed by atoms with E-state index in [0.717, 1.165) is 35.3 Å². The molecule has 2 saturated carbocycles. The largest absolute Gasteiger partial charge is 0.490 e. The smallest absolute Gasteiger partial charge is 0.220 e. The fourth-order valence-electron chi connectivity index (χ4n) is 4.21. The standard InChI is InChI=1S/C20H29NO3/c1-3-23-18-9-6-14(13-19(18)24-4-2)7-10-20(22)21-17-12-15-5-8-16(17)11-15/h6,9,13,15-17H,3-5,7-8,10-12H2,1-2H3,(H,21,22)/t15-,16-,17-/m0/s1. The Labute approximate surface area is 144 Å². The van der Waals surface area contributed by atoms with E-state index in [-0.39, 0.29) is 5.91 Å². The van der Waals surface area contributed by atoms with Crippen molar-refractivity contribution in [2.45, 2.75) is 58.4 Å². The van der Waals surface area contributed by atoms with Gasteiger partial charge in [-0.25, -0.2) is 0 Å². The molecule has 0 unspecified atom stereocenters. The molecule has 1 aromatic rings. The van der Waals surface area contributed by atoms with Gasteiger partial charge in [0.05, 0.1) is 13.2 Å². The number of fused-ring (bicyclic) bond motifs is 2. The van der Waals surface area contributed by atoms with Gasteiger partial charge < -0.3 is 14.8 Å². The second kappa shape index (κ2) is 7.91. The van der Waals surface area contributed by atoms with Crippen LogP contribution in [-0.4, -0.2) is 25.2 Å². The molecule has 0 saturated heterocycles. The summed E-state index contributed by atoms with van der Waals surface area (Å²) in [5, 5.41) is 3.26. The highest BCUT2D eigenvalue weighted by atomic mass is 16.5. The van der Waals surface area contributed by atoms with Gasteiger partial charge in [-0.2, -0.15) is 0 Å². The van der Waals surface area contributed by atoms with Crippen LogP contribution < -0.4 is 14.8 Å². The predicted octanol–water partition coefficient (Wildman–Crippen LogP) is 3.72. The molecule has 4 nitrogen and oxygen atoms in total. The lowest BCUT2D eigenvalue weighted by molar-refractivity contribution is -0.122. The molecule has 1 amide bonds.